The maximum absolute atomic E-state index is 5.88. The minimum Gasteiger partial charge on any atom is -0.370 e. The number of rotatable bonds is 3. The molecule has 1 aromatic carbocycles. The lowest BCUT2D eigenvalue weighted by molar-refractivity contribution is 0.929. The van der Waals surface area contributed by atoms with Gasteiger partial charge in [-0.15, -0.1) is 0 Å². The highest BCUT2D eigenvalue weighted by atomic mass is 35.5. The number of aryl methyl sites for hydroxylation is 1. The van der Waals surface area contributed by atoms with Gasteiger partial charge in [0.25, 0.3) is 0 Å². The van der Waals surface area contributed by atoms with Crippen molar-refractivity contribution in [2.45, 2.75) is 20.3 Å². The van der Waals surface area contributed by atoms with Gasteiger partial charge in [0.2, 0.25) is 0 Å². The van der Waals surface area contributed by atoms with Crippen LogP contribution in [0.25, 0.3) is 0 Å². The molecule has 0 fully saturated rings. The Morgan fingerprint density at radius 1 is 1.53 bits per heavy atom. The van der Waals surface area contributed by atoms with Crippen LogP contribution < -0.4 is 11.1 Å². The molecule has 1 aromatic rings. The first kappa shape index (κ1) is 11.9. The van der Waals surface area contributed by atoms with Gasteiger partial charge >= 0.3 is 0 Å². The molecule has 3 nitrogen and oxygen atoms in total. The van der Waals surface area contributed by atoms with Crippen molar-refractivity contribution in [3.63, 3.8) is 0 Å². The van der Waals surface area contributed by atoms with Crippen LogP contribution in [0.2, 0.25) is 5.02 Å². The molecule has 0 heterocycles. The summed E-state index contributed by atoms with van der Waals surface area (Å²) in [5, 5.41) is 3.72. The fourth-order valence-corrected chi connectivity index (χ4v) is 1.31. The zero-order valence-corrected chi connectivity index (χ0v) is 9.80. The van der Waals surface area contributed by atoms with Crippen molar-refractivity contribution in [2.75, 3.05) is 11.9 Å². The van der Waals surface area contributed by atoms with E-state index in [-0.39, 0.29) is 0 Å². The van der Waals surface area contributed by atoms with E-state index in [9.17, 15) is 0 Å². The van der Waals surface area contributed by atoms with Gasteiger partial charge in [0.1, 0.15) is 0 Å². The monoisotopic (exact) mass is 225 g/mol. The van der Waals surface area contributed by atoms with Crippen molar-refractivity contribution in [3.8, 4) is 0 Å². The first-order valence-electron chi connectivity index (χ1n) is 4.96. The van der Waals surface area contributed by atoms with E-state index >= 15 is 0 Å². The van der Waals surface area contributed by atoms with Crippen molar-refractivity contribution in [2.24, 2.45) is 10.7 Å². The van der Waals surface area contributed by atoms with Crippen LogP contribution in [0, 0.1) is 6.92 Å². The average Bonchev–Trinajstić information content (AvgIpc) is 2.20. The molecule has 0 radical (unpaired) electrons. The second-order valence-electron chi connectivity index (χ2n) is 3.35. The van der Waals surface area contributed by atoms with Crippen LogP contribution in [0.3, 0.4) is 0 Å². The lowest BCUT2D eigenvalue weighted by Gasteiger charge is -2.08. The molecule has 0 amide bonds. The summed E-state index contributed by atoms with van der Waals surface area (Å²) in [5.74, 6) is 0.433. The third-order valence-electron chi connectivity index (χ3n) is 1.97. The third-order valence-corrected chi connectivity index (χ3v) is 2.20. The fourth-order valence-electron chi connectivity index (χ4n) is 1.14. The average molecular weight is 226 g/mol. The van der Waals surface area contributed by atoms with E-state index in [1.54, 1.807) is 0 Å². The molecule has 1 rings (SSSR count). The topological polar surface area (TPSA) is 50.4 Å². The highest BCUT2D eigenvalue weighted by molar-refractivity contribution is 6.31. The van der Waals surface area contributed by atoms with Gasteiger partial charge in [-0.05, 0) is 31.0 Å². The second kappa shape index (κ2) is 5.61. The Labute approximate surface area is 95.3 Å². The minimum atomic E-state index is 0.433. The van der Waals surface area contributed by atoms with E-state index in [1.807, 2.05) is 25.1 Å². The van der Waals surface area contributed by atoms with Gasteiger partial charge in [0.05, 0.1) is 0 Å². The Balaban J connectivity index is 2.75. The highest BCUT2D eigenvalue weighted by Crippen LogP contribution is 2.19. The summed E-state index contributed by atoms with van der Waals surface area (Å²) in [7, 11) is 0. The number of benzene rings is 1. The lowest BCUT2D eigenvalue weighted by atomic mass is 10.2. The molecule has 3 N–H and O–H groups in total. The van der Waals surface area contributed by atoms with Crippen LogP contribution >= 0.6 is 11.6 Å². The molecule has 4 heteroatoms. The molecule has 0 saturated carbocycles. The standard InChI is InChI=1S/C11H16ClN3/c1-3-6-14-11(13)15-10-7-9(12)5-4-8(10)2/h4-5,7H,3,6H2,1-2H3,(H3,13,14,15). The predicted octanol–water partition coefficient (Wildman–Crippen LogP) is 2.79. The normalized spacial score (nSPS) is 11.5. The number of hydrogen-bond donors (Lipinski definition) is 2. The van der Waals surface area contributed by atoms with Crippen molar-refractivity contribution < 1.29 is 0 Å². The molecule has 0 atom stereocenters. The van der Waals surface area contributed by atoms with E-state index < -0.39 is 0 Å². The van der Waals surface area contributed by atoms with Gasteiger partial charge < -0.3 is 11.1 Å². The molecule has 0 spiro atoms. The van der Waals surface area contributed by atoms with E-state index in [2.05, 4.69) is 17.2 Å². The Bertz CT molecular complexity index is 361. The molecular weight excluding hydrogens is 210 g/mol. The van der Waals surface area contributed by atoms with Crippen molar-refractivity contribution in [1.29, 1.82) is 0 Å². The number of aliphatic imine (C=N–C) groups is 1. The first-order valence-corrected chi connectivity index (χ1v) is 5.34. The van der Waals surface area contributed by atoms with Crippen LogP contribution in [-0.2, 0) is 0 Å². The molecule has 0 bridgehead atoms. The zero-order chi connectivity index (χ0) is 11.3. The fraction of sp³-hybridized carbons (Fsp3) is 0.364. The number of anilines is 1. The van der Waals surface area contributed by atoms with Crippen LogP contribution in [0.4, 0.5) is 5.69 Å². The molecule has 0 unspecified atom stereocenters. The Morgan fingerprint density at radius 2 is 2.27 bits per heavy atom. The van der Waals surface area contributed by atoms with E-state index in [0.29, 0.717) is 11.0 Å². The van der Waals surface area contributed by atoms with Gasteiger partial charge in [0, 0.05) is 17.3 Å². The molecule has 15 heavy (non-hydrogen) atoms. The number of halogens is 1. The Kier molecular flexibility index (Phi) is 4.43. The number of nitrogens with two attached hydrogens (primary N) is 1. The number of nitrogens with zero attached hydrogens (tertiary/aromatic N) is 1. The number of guanidine groups is 1. The third kappa shape index (κ3) is 3.80. The van der Waals surface area contributed by atoms with Gasteiger partial charge in [-0.3, -0.25) is 4.99 Å². The molecule has 0 aliphatic heterocycles. The minimum absolute atomic E-state index is 0.433. The van der Waals surface area contributed by atoms with Gasteiger partial charge in [-0.25, -0.2) is 0 Å². The summed E-state index contributed by atoms with van der Waals surface area (Å²) >= 11 is 5.88. The molecular formula is C11H16ClN3. The molecule has 82 valence electrons. The van der Waals surface area contributed by atoms with Gasteiger partial charge in [-0.2, -0.15) is 0 Å². The molecule has 0 aliphatic carbocycles. The van der Waals surface area contributed by atoms with E-state index in [1.165, 1.54) is 0 Å². The van der Waals surface area contributed by atoms with Crippen molar-refractivity contribution >= 4 is 23.2 Å². The first-order chi connectivity index (χ1) is 7.13. The summed E-state index contributed by atoms with van der Waals surface area (Å²) in [4.78, 5) is 4.15. The van der Waals surface area contributed by atoms with Crippen LogP contribution in [-0.4, -0.2) is 12.5 Å². The molecule has 0 aromatic heterocycles. The maximum atomic E-state index is 5.88. The Morgan fingerprint density at radius 3 is 2.93 bits per heavy atom. The quantitative estimate of drug-likeness (QED) is 0.614. The van der Waals surface area contributed by atoms with Crippen LogP contribution in [0.5, 0.6) is 0 Å². The van der Waals surface area contributed by atoms with E-state index in [0.717, 1.165) is 24.2 Å². The smallest absolute Gasteiger partial charge is 0.193 e. The summed E-state index contributed by atoms with van der Waals surface area (Å²) in [5.41, 5.74) is 7.70. The SMILES string of the molecule is CCCN=C(N)Nc1cc(Cl)ccc1C. The zero-order valence-electron chi connectivity index (χ0n) is 9.05. The summed E-state index contributed by atoms with van der Waals surface area (Å²) in [6.07, 6.45) is 0.983. The maximum Gasteiger partial charge on any atom is 0.193 e. The van der Waals surface area contributed by atoms with Crippen molar-refractivity contribution in [1.82, 2.24) is 0 Å². The summed E-state index contributed by atoms with van der Waals surface area (Å²) in [6, 6.07) is 5.63. The lowest BCUT2D eigenvalue weighted by Crippen LogP contribution is -2.23. The second-order valence-corrected chi connectivity index (χ2v) is 3.79. The van der Waals surface area contributed by atoms with Crippen LogP contribution in [0.15, 0.2) is 23.2 Å². The highest BCUT2D eigenvalue weighted by Gasteiger charge is 2.00. The number of nitrogens with one attached hydrogen (secondary N) is 1. The molecule has 0 aliphatic rings. The van der Waals surface area contributed by atoms with Gasteiger partial charge in [-0.1, -0.05) is 24.6 Å². The Hall–Kier alpha value is -1.22. The van der Waals surface area contributed by atoms with Crippen molar-refractivity contribution in [3.05, 3.63) is 28.8 Å². The summed E-state index contributed by atoms with van der Waals surface area (Å²) < 4.78 is 0. The summed E-state index contributed by atoms with van der Waals surface area (Å²) in [6.45, 7) is 4.78. The molecule has 0 saturated heterocycles. The predicted molar refractivity (Wildman–Crippen MR) is 66.6 cm³/mol. The van der Waals surface area contributed by atoms with E-state index in [4.69, 9.17) is 17.3 Å². The van der Waals surface area contributed by atoms with Crippen LogP contribution in [0.1, 0.15) is 18.9 Å². The largest absolute Gasteiger partial charge is 0.370 e. The van der Waals surface area contributed by atoms with Gasteiger partial charge in [0.15, 0.2) is 5.96 Å². The number of hydrogen-bond acceptors (Lipinski definition) is 1.